The standard InChI is InChI=1S/C48H94N4O5.ClH/c1-4-6-8-10-12-14-16-18-20-22-24-26-28-32-37-52(3,38-33-29-27-25-23-21-19-17-15-13-11-9-7-5-2)39-36-50-48(57)43(34-30-31-35-49)51-47(56)42-40-44(53)46(55)45(54)41-42;/h40,43-46,53-55H,4-39,41,49H2,1-3H3,(H-,50,51,56,57);1H/t43?,44-,45-,46-;/m1./s1. The molecule has 0 bridgehead atoms. The highest BCUT2D eigenvalue weighted by Crippen LogP contribution is 2.21. The lowest BCUT2D eigenvalue weighted by Gasteiger charge is -2.35. The van der Waals surface area contributed by atoms with Gasteiger partial charge in [0.05, 0.1) is 39.3 Å². The average Bonchev–Trinajstić information content (AvgIpc) is 3.19. The fourth-order valence-electron chi connectivity index (χ4n) is 8.41. The predicted molar refractivity (Wildman–Crippen MR) is 240 cm³/mol. The molecule has 0 saturated heterocycles. The quantitative estimate of drug-likeness (QED) is 0.0306. The van der Waals surface area contributed by atoms with Gasteiger partial charge < -0.3 is 48.6 Å². The van der Waals surface area contributed by atoms with Gasteiger partial charge in [0, 0.05) is 12.0 Å². The third-order valence-electron chi connectivity index (χ3n) is 12.5. The summed E-state index contributed by atoms with van der Waals surface area (Å²) in [5, 5.41) is 36.1. The number of nitrogens with zero attached hydrogens (tertiary/aromatic N) is 1. The maximum Gasteiger partial charge on any atom is 0.247 e. The van der Waals surface area contributed by atoms with Crippen molar-refractivity contribution < 1.29 is 41.8 Å². The Hall–Kier alpha value is -1.23. The summed E-state index contributed by atoms with van der Waals surface area (Å²) in [6, 6.07) is -0.735. The number of hydrogen-bond donors (Lipinski definition) is 6. The normalized spacial score (nSPS) is 17.4. The van der Waals surface area contributed by atoms with Crippen LogP contribution in [0.25, 0.3) is 0 Å². The molecule has 10 heteroatoms. The number of nitrogens with one attached hydrogen (secondary N) is 2. The molecular formula is C48H95ClN4O5. The SMILES string of the molecule is CCCCCCCCCCCCCCCC[N+](C)(CCCCCCCCCCCCCCCC)CCNC(=O)C(CCCCN)NC(=O)C1=C[C@@H](O)[C@@H](O)[C@H](O)C1.[Cl-]. The second kappa shape index (κ2) is 38.7. The van der Waals surface area contributed by atoms with Gasteiger partial charge in [0.25, 0.3) is 0 Å². The molecule has 2 amide bonds. The van der Waals surface area contributed by atoms with Crippen LogP contribution in [0.15, 0.2) is 11.6 Å². The van der Waals surface area contributed by atoms with E-state index in [2.05, 4.69) is 31.5 Å². The maximum absolute atomic E-state index is 13.5. The highest BCUT2D eigenvalue weighted by atomic mass is 35.5. The zero-order valence-corrected chi connectivity index (χ0v) is 38.9. The second-order valence-corrected chi connectivity index (χ2v) is 18.0. The van der Waals surface area contributed by atoms with Crippen molar-refractivity contribution in [2.24, 2.45) is 5.73 Å². The predicted octanol–water partition coefficient (Wildman–Crippen LogP) is 6.54. The maximum atomic E-state index is 13.5. The van der Waals surface area contributed by atoms with Crippen LogP contribution in [-0.4, -0.2) is 95.7 Å². The molecule has 1 aliphatic rings. The Bertz CT molecular complexity index is 969. The highest BCUT2D eigenvalue weighted by molar-refractivity contribution is 5.97. The van der Waals surface area contributed by atoms with Crippen LogP contribution in [0.1, 0.15) is 219 Å². The van der Waals surface area contributed by atoms with Crippen molar-refractivity contribution in [3.05, 3.63) is 11.6 Å². The zero-order chi connectivity index (χ0) is 41.8. The van der Waals surface area contributed by atoms with Crippen LogP contribution < -0.4 is 28.8 Å². The first-order valence-electron chi connectivity index (χ1n) is 24.5. The molecule has 0 aromatic carbocycles. The summed E-state index contributed by atoms with van der Waals surface area (Å²) in [4.78, 5) is 26.6. The van der Waals surface area contributed by atoms with E-state index in [1.54, 1.807) is 0 Å². The molecule has 344 valence electrons. The van der Waals surface area contributed by atoms with Gasteiger partial charge in [-0.2, -0.15) is 0 Å². The molecule has 9 nitrogen and oxygen atoms in total. The lowest BCUT2D eigenvalue weighted by Crippen LogP contribution is -3.00. The molecule has 0 aliphatic heterocycles. The Morgan fingerprint density at radius 3 is 1.41 bits per heavy atom. The molecule has 0 saturated carbocycles. The number of quaternary nitrogens is 1. The lowest BCUT2D eigenvalue weighted by molar-refractivity contribution is -0.908. The number of aliphatic hydroxyl groups excluding tert-OH is 3. The molecule has 7 N–H and O–H groups in total. The van der Waals surface area contributed by atoms with Crippen LogP contribution in [0.3, 0.4) is 0 Å². The molecule has 1 unspecified atom stereocenters. The zero-order valence-electron chi connectivity index (χ0n) is 38.1. The summed E-state index contributed by atoms with van der Waals surface area (Å²) in [5.74, 6) is -0.707. The van der Waals surface area contributed by atoms with Crippen molar-refractivity contribution in [2.45, 2.75) is 244 Å². The number of likely N-dealkylation sites (N-methyl/N-ethyl adjacent to an activating group) is 1. The number of amides is 2. The van der Waals surface area contributed by atoms with E-state index >= 15 is 0 Å². The van der Waals surface area contributed by atoms with Gasteiger partial charge in [-0.3, -0.25) is 9.59 Å². The Labute approximate surface area is 363 Å². The van der Waals surface area contributed by atoms with Crippen LogP contribution >= 0.6 is 0 Å². The van der Waals surface area contributed by atoms with Crippen LogP contribution in [0.5, 0.6) is 0 Å². The topological polar surface area (TPSA) is 145 Å². The van der Waals surface area contributed by atoms with Crippen molar-refractivity contribution in [3.63, 3.8) is 0 Å². The van der Waals surface area contributed by atoms with Crippen molar-refractivity contribution in [1.29, 1.82) is 0 Å². The van der Waals surface area contributed by atoms with Gasteiger partial charge in [-0.05, 0) is 57.6 Å². The number of rotatable bonds is 40. The minimum Gasteiger partial charge on any atom is -1.00 e. The van der Waals surface area contributed by atoms with Crippen molar-refractivity contribution >= 4 is 11.8 Å². The molecule has 58 heavy (non-hydrogen) atoms. The van der Waals surface area contributed by atoms with Gasteiger partial charge >= 0.3 is 0 Å². The van der Waals surface area contributed by atoms with Gasteiger partial charge in [0.1, 0.15) is 18.2 Å². The van der Waals surface area contributed by atoms with E-state index in [0.29, 0.717) is 25.9 Å². The fourth-order valence-corrected chi connectivity index (χ4v) is 8.41. The van der Waals surface area contributed by atoms with Crippen LogP contribution in [0, 0.1) is 0 Å². The van der Waals surface area contributed by atoms with Gasteiger partial charge in [-0.25, -0.2) is 0 Å². The van der Waals surface area contributed by atoms with Crippen molar-refractivity contribution in [1.82, 2.24) is 10.6 Å². The first-order valence-corrected chi connectivity index (χ1v) is 24.5. The monoisotopic (exact) mass is 843 g/mol. The van der Waals surface area contributed by atoms with Crippen molar-refractivity contribution in [2.75, 3.05) is 39.8 Å². The van der Waals surface area contributed by atoms with Gasteiger partial charge in [-0.1, -0.05) is 168 Å². The minimum absolute atomic E-state index is 0. The summed E-state index contributed by atoms with van der Waals surface area (Å²) in [5.41, 5.74) is 5.91. The summed E-state index contributed by atoms with van der Waals surface area (Å²) < 4.78 is 0.950. The number of aliphatic hydroxyl groups is 3. The van der Waals surface area contributed by atoms with E-state index in [0.717, 1.165) is 30.5 Å². The minimum atomic E-state index is -1.33. The molecule has 4 atom stereocenters. The molecule has 0 aromatic rings. The Kier molecular flexibility index (Phi) is 37.9. The molecular weight excluding hydrogens is 748 g/mol. The number of halogens is 1. The largest absolute Gasteiger partial charge is 1.00 e. The van der Waals surface area contributed by atoms with E-state index in [1.165, 1.54) is 186 Å². The molecule has 1 rings (SSSR count). The number of carbonyl (C=O) groups is 2. The average molecular weight is 844 g/mol. The van der Waals surface area contributed by atoms with E-state index in [9.17, 15) is 24.9 Å². The molecule has 0 aromatic heterocycles. The highest BCUT2D eigenvalue weighted by Gasteiger charge is 2.33. The van der Waals surface area contributed by atoms with Crippen LogP contribution in [0.4, 0.5) is 0 Å². The first-order chi connectivity index (χ1) is 27.7. The summed E-state index contributed by atoms with van der Waals surface area (Å²) in [6.07, 6.45) is 37.2. The Morgan fingerprint density at radius 1 is 0.638 bits per heavy atom. The third-order valence-corrected chi connectivity index (χ3v) is 12.5. The van der Waals surface area contributed by atoms with E-state index in [1.807, 2.05) is 0 Å². The van der Waals surface area contributed by atoms with Crippen molar-refractivity contribution in [3.8, 4) is 0 Å². The molecule has 0 spiro atoms. The number of unbranched alkanes of at least 4 members (excludes halogenated alkanes) is 27. The summed E-state index contributed by atoms with van der Waals surface area (Å²) >= 11 is 0. The summed E-state index contributed by atoms with van der Waals surface area (Å²) in [6.45, 7) is 8.71. The molecule has 0 fully saturated rings. The molecule has 0 heterocycles. The second-order valence-electron chi connectivity index (χ2n) is 18.0. The Morgan fingerprint density at radius 2 is 1.03 bits per heavy atom. The smallest absolute Gasteiger partial charge is 0.247 e. The number of nitrogens with two attached hydrogens (primary N) is 1. The third kappa shape index (κ3) is 29.9. The van der Waals surface area contributed by atoms with Gasteiger partial charge in [0.15, 0.2) is 0 Å². The lowest BCUT2D eigenvalue weighted by atomic mass is 9.91. The molecule has 0 radical (unpaired) electrons. The van der Waals surface area contributed by atoms with Crippen LogP contribution in [-0.2, 0) is 9.59 Å². The number of hydrogen-bond acceptors (Lipinski definition) is 6. The summed E-state index contributed by atoms with van der Waals surface area (Å²) in [7, 11) is 2.36. The number of carbonyl (C=O) groups excluding carboxylic acids is 2. The van der Waals surface area contributed by atoms with Gasteiger partial charge in [-0.15, -0.1) is 0 Å². The molecule has 1 aliphatic carbocycles. The van der Waals surface area contributed by atoms with Crippen LogP contribution in [0.2, 0.25) is 0 Å². The van der Waals surface area contributed by atoms with Gasteiger partial charge in [0.2, 0.25) is 11.8 Å². The fraction of sp³-hybridized carbons (Fsp3) is 0.917. The van der Waals surface area contributed by atoms with E-state index in [4.69, 9.17) is 5.73 Å². The van der Waals surface area contributed by atoms with E-state index in [-0.39, 0.29) is 30.3 Å². The van der Waals surface area contributed by atoms with E-state index < -0.39 is 30.3 Å². The first kappa shape index (κ1) is 56.8. The Balaban J connectivity index is 0.0000325.